The third-order valence-electron chi connectivity index (χ3n) is 8.82. The molecule has 0 aromatic rings. The molecule has 0 saturated heterocycles. The fourth-order valence-corrected chi connectivity index (χ4v) is 6.16. The number of hydrogen-bond acceptors (Lipinski definition) is 2. The van der Waals surface area contributed by atoms with E-state index in [0.717, 1.165) is 0 Å². The molecule has 0 N–H and O–H groups in total. The highest BCUT2D eigenvalue weighted by Crippen LogP contribution is 2.23. The Morgan fingerprint density at radius 1 is 0.342 bits per heavy atom. The summed E-state index contributed by atoms with van der Waals surface area (Å²) in [6.45, 7) is 9.45. The summed E-state index contributed by atoms with van der Waals surface area (Å²) >= 11 is 0. The molecule has 0 spiro atoms. The van der Waals surface area contributed by atoms with Gasteiger partial charge in [0.25, 0.3) is 0 Å². The fraction of sp³-hybridized carbons (Fsp3) is 0.944. The van der Waals surface area contributed by atoms with Gasteiger partial charge in [-0.1, -0.05) is 175 Å². The predicted octanol–water partition coefficient (Wildman–Crippen LogP) is 12.4. The first kappa shape index (κ1) is 35.4. The van der Waals surface area contributed by atoms with Crippen LogP contribution < -0.4 is 0 Å². The molecule has 1 aliphatic rings. The lowest BCUT2D eigenvalue weighted by Gasteiger charge is -2.33. The molecule has 2 heteroatoms. The molecule has 0 radical (unpaired) electrons. The Labute approximate surface area is 241 Å². The maximum atomic E-state index is 2.69. The quantitative estimate of drug-likeness (QED) is 0.0848. The third kappa shape index (κ3) is 20.3. The summed E-state index contributed by atoms with van der Waals surface area (Å²) in [4.78, 5) is 5.34. The minimum atomic E-state index is 0.641. The monoisotopic (exact) mass is 533 g/mol. The highest BCUT2D eigenvalue weighted by Gasteiger charge is 2.24. The molecule has 1 atom stereocenters. The molecule has 0 aromatic heterocycles. The molecular formula is C36H72N2. The molecule has 0 saturated carbocycles. The van der Waals surface area contributed by atoms with Crippen LogP contribution >= 0.6 is 0 Å². The highest BCUT2D eigenvalue weighted by atomic mass is 15.4. The molecule has 1 unspecified atom stereocenters. The zero-order valence-corrected chi connectivity index (χ0v) is 26.8. The molecular weight excluding hydrogens is 460 g/mol. The van der Waals surface area contributed by atoms with Crippen molar-refractivity contribution in [2.45, 2.75) is 207 Å². The normalized spacial score (nSPS) is 15.3. The SMILES string of the molecule is CCCCCCCCCCCCCCCC1N(CCCC)C=CN1CCCCCCCCCCCCCC. The van der Waals surface area contributed by atoms with E-state index in [-0.39, 0.29) is 0 Å². The van der Waals surface area contributed by atoms with Crippen LogP contribution in [-0.2, 0) is 0 Å². The Kier molecular flexibility index (Phi) is 26.0. The van der Waals surface area contributed by atoms with E-state index < -0.39 is 0 Å². The van der Waals surface area contributed by atoms with Crippen LogP contribution in [0.4, 0.5) is 0 Å². The van der Waals surface area contributed by atoms with E-state index in [9.17, 15) is 0 Å². The van der Waals surface area contributed by atoms with Gasteiger partial charge in [0.1, 0.15) is 6.17 Å². The summed E-state index contributed by atoms with van der Waals surface area (Å²) in [6.07, 6.45) is 45.5. The minimum Gasteiger partial charge on any atom is -0.356 e. The number of nitrogens with zero attached hydrogens (tertiary/aromatic N) is 2. The van der Waals surface area contributed by atoms with Crippen molar-refractivity contribution in [3.8, 4) is 0 Å². The molecule has 226 valence electrons. The van der Waals surface area contributed by atoms with Crippen LogP contribution in [0.1, 0.15) is 201 Å². The Morgan fingerprint density at radius 3 is 1.00 bits per heavy atom. The maximum Gasteiger partial charge on any atom is 0.101 e. The van der Waals surface area contributed by atoms with Gasteiger partial charge in [0.2, 0.25) is 0 Å². The number of hydrogen-bond donors (Lipinski definition) is 0. The summed E-state index contributed by atoms with van der Waals surface area (Å²) in [6, 6.07) is 0. The topological polar surface area (TPSA) is 6.48 Å². The zero-order chi connectivity index (χ0) is 27.4. The molecule has 0 amide bonds. The Hall–Kier alpha value is -0.660. The number of unbranched alkanes of at least 4 members (excludes halogenated alkanes) is 24. The largest absolute Gasteiger partial charge is 0.356 e. The molecule has 0 aromatic carbocycles. The van der Waals surface area contributed by atoms with Crippen molar-refractivity contribution in [3.63, 3.8) is 0 Å². The van der Waals surface area contributed by atoms with Gasteiger partial charge in [0, 0.05) is 25.5 Å². The van der Waals surface area contributed by atoms with Gasteiger partial charge in [-0.3, -0.25) is 0 Å². The fourth-order valence-electron chi connectivity index (χ4n) is 6.16. The zero-order valence-electron chi connectivity index (χ0n) is 26.8. The summed E-state index contributed by atoms with van der Waals surface area (Å²) in [5.41, 5.74) is 0. The van der Waals surface area contributed by atoms with Crippen molar-refractivity contribution in [2.24, 2.45) is 0 Å². The van der Waals surface area contributed by atoms with Crippen LogP contribution in [0.5, 0.6) is 0 Å². The molecule has 0 fully saturated rings. The Bertz CT molecular complexity index is 488. The Morgan fingerprint density at radius 2 is 0.632 bits per heavy atom. The van der Waals surface area contributed by atoms with Gasteiger partial charge in [-0.05, 0) is 25.7 Å². The van der Waals surface area contributed by atoms with Gasteiger partial charge in [0.15, 0.2) is 0 Å². The second kappa shape index (κ2) is 27.9. The first-order valence-corrected chi connectivity index (χ1v) is 18.0. The van der Waals surface area contributed by atoms with Crippen molar-refractivity contribution < 1.29 is 0 Å². The average molecular weight is 533 g/mol. The van der Waals surface area contributed by atoms with Crippen molar-refractivity contribution in [1.82, 2.24) is 9.80 Å². The van der Waals surface area contributed by atoms with Crippen LogP contribution in [0.15, 0.2) is 12.4 Å². The first-order chi connectivity index (χ1) is 18.8. The van der Waals surface area contributed by atoms with Crippen LogP contribution in [0.2, 0.25) is 0 Å². The predicted molar refractivity (Wildman–Crippen MR) is 173 cm³/mol. The van der Waals surface area contributed by atoms with Crippen LogP contribution in [0.25, 0.3) is 0 Å². The molecule has 0 bridgehead atoms. The molecule has 38 heavy (non-hydrogen) atoms. The molecule has 1 heterocycles. The maximum absolute atomic E-state index is 2.69. The van der Waals surface area contributed by atoms with Crippen LogP contribution in [-0.4, -0.2) is 29.1 Å². The van der Waals surface area contributed by atoms with Gasteiger partial charge in [-0.25, -0.2) is 0 Å². The summed E-state index contributed by atoms with van der Waals surface area (Å²) in [5.74, 6) is 0. The van der Waals surface area contributed by atoms with E-state index in [1.165, 1.54) is 193 Å². The summed E-state index contributed by atoms with van der Waals surface area (Å²) in [5, 5.41) is 0. The van der Waals surface area contributed by atoms with Crippen LogP contribution in [0.3, 0.4) is 0 Å². The lowest BCUT2D eigenvalue weighted by Crippen LogP contribution is -2.39. The van der Waals surface area contributed by atoms with E-state index >= 15 is 0 Å². The van der Waals surface area contributed by atoms with Gasteiger partial charge >= 0.3 is 0 Å². The lowest BCUT2D eigenvalue weighted by atomic mass is 10.0. The standard InChI is InChI=1S/C36H72N2/c1-4-7-10-12-14-16-18-20-21-23-25-27-29-31-36-37(32-9-6-3)34-35-38(36)33-30-28-26-24-22-19-17-15-13-11-8-5-2/h34-36H,4-33H2,1-3H3. The molecule has 1 rings (SSSR count). The average Bonchev–Trinajstić information content (AvgIpc) is 3.31. The van der Waals surface area contributed by atoms with Gasteiger partial charge < -0.3 is 9.80 Å². The first-order valence-electron chi connectivity index (χ1n) is 18.0. The second-order valence-electron chi connectivity index (χ2n) is 12.5. The van der Waals surface area contributed by atoms with E-state index in [1.807, 2.05) is 0 Å². The van der Waals surface area contributed by atoms with E-state index in [2.05, 4.69) is 43.0 Å². The Balaban J connectivity index is 2.06. The van der Waals surface area contributed by atoms with Gasteiger partial charge in [-0.15, -0.1) is 0 Å². The summed E-state index contributed by atoms with van der Waals surface area (Å²) < 4.78 is 0. The molecule has 2 nitrogen and oxygen atoms in total. The lowest BCUT2D eigenvalue weighted by molar-refractivity contribution is 0.136. The third-order valence-corrected chi connectivity index (χ3v) is 8.82. The minimum absolute atomic E-state index is 0.641. The second-order valence-corrected chi connectivity index (χ2v) is 12.5. The van der Waals surface area contributed by atoms with E-state index in [1.54, 1.807) is 0 Å². The summed E-state index contributed by atoms with van der Waals surface area (Å²) in [7, 11) is 0. The van der Waals surface area contributed by atoms with Crippen molar-refractivity contribution in [2.75, 3.05) is 13.1 Å². The number of rotatable bonds is 30. The van der Waals surface area contributed by atoms with Crippen molar-refractivity contribution in [1.29, 1.82) is 0 Å². The van der Waals surface area contributed by atoms with E-state index in [4.69, 9.17) is 0 Å². The highest BCUT2D eigenvalue weighted by molar-refractivity contribution is 4.96. The van der Waals surface area contributed by atoms with Gasteiger partial charge in [-0.2, -0.15) is 0 Å². The molecule has 1 aliphatic heterocycles. The molecule has 0 aliphatic carbocycles. The van der Waals surface area contributed by atoms with Crippen molar-refractivity contribution in [3.05, 3.63) is 12.4 Å². The van der Waals surface area contributed by atoms with Crippen LogP contribution in [0, 0.1) is 0 Å². The van der Waals surface area contributed by atoms with Gasteiger partial charge in [0.05, 0.1) is 0 Å². The van der Waals surface area contributed by atoms with E-state index in [0.29, 0.717) is 6.17 Å². The smallest absolute Gasteiger partial charge is 0.101 e. The van der Waals surface area contributed by atoms with Crippen molar-refractivity contribution >= 4 is 0 Å².